The molecular weight excluding hydrogens is 218 g/mol. The van der Waals surface area contributed by atoms with Crippen LogP contribution in [0, 0.1) is 0 Å². The highest BCUT2D eigenvalue weighted by atomic mass is 16.5. The zero-order valence-corrected chi connectivity index (χ0v) is 9.93. The minimum absolute atomic E-state index is 0.330. The maximum Gasteiger partial charge on any atom is 0.335 e. The highest BCUT2D eigenvalue weighted by molar-refractivity contribution is 5.88. The summed E-state index contributed by atoms with van der Waals surface area (Å²) >= 11 is 0. The lowest BCUT2D eigenvalue weighted by Crippen LogP contribution is -2.29. The molecule has 4 nitrogen and oxygen atoms in total. The summed E-state index contributed by atoms with van der Waals surface area (Å²) in [6.07, 6.45) is 2.43. The first-order chi connectivity index (χ1) is 8.22. The maximum atomic E-state index is 10.8. The molecule has 0 bridgehead atoms. The molecule has 1 N–H and O–H groups in total. The Hall–Kier alpha value is -1.55. The van der Waals surface area contributed by atoms with E-state index >= 15 is 0 Å². The molecule has 4 heteroatoms. The molecule has 1 aromatic carbocycles. The molecule has 2 rings (SSSR count). The van der Waals surface area contributed by atoms with Crippen LogP contribution in [-0.4, -0.2) is 37.4 Å². The van der Waals surface area contributed by atoms with E-state index in [1.165, 1.54) is 12.8 Å². The number of methoxy groups -OCH3 is 1. The molecule has 0 radical (unpaired) electrons. The molecular formula is C13H17NO3. The van der Waals surface area contributed by atoms with E-state index < -0.39 is 5.97 Å². The van der Waals surface area contributed by atoms with Crippen molar-refractivity contribution < 1.29 is 14.6 Å². The lowest BCUT2D eigenvalue weighted by Gasteiger charge is -2.24. The molecule has 0 saturated heterocycles. The van der Waals surface area contributed by atoms with E-state index in [9.17, 15) is 4.79 Å². The second kappa shape index (κ2) is 5.19. The van der Waals surface area contributed by atoms with E-state index in [1.54, 1.807) is 19.2 Å². The van der Waals surface area contributed by atoms with Crippen molar-refractivity contribution in [1.82, 2.24) is 0 Å². The molecule has 0 unspecified atom stereocenters. The van der Waals surface area contributed by atoms with Crippen molar-refractivity contribution in [1.29, 1.82) is 0 Å². The van der Waals surface area contributed by atoms with Gasteiger partial charge in [-0.3, -0.25) is 0 Å². The minimum atomic E-state index is -0.883. The van der Waals surface area contributed by atoms with Gasteiger partial charge in [-0.15, -0.1) is 0 Å². The second-order valence-corrected chi connectivity index (χ2v) is 4.27. The van der Waals surface area contributed by atoms with Crippen LogP contribution in [0.3, 0.4) is 0 Å². The first-order valence-corrected chi connectivity index (χ1v) is 5.81. The van der Waals surface area contributed by atoms with Gasteiger partial charge >= 0.3 is 5.97 Å². The highest BCUT2D eigenvalue weighted by Crippen LogP contribution is 2.31. The zero-order chi connectivity index (χ0) is 12.3. The predicted molar refractivity (Wildman–Crippen MR) is 65.6 cm³/mol. The smallest absolute Gasteiger partial charge is 0.335 e. The van der Waals surface area contributed by atoms with Gasteiger partial charge in [0.2, 0.25) is 0 Å². The largest absolute Gasteiger partial charge is 0.478 e. The molecule has 17 heavy (non-hydrogen) atoms. The van der Waals surface area contributed by atoms with Gasteiger partial charge in [-0.2, -0.15) is 0 Å². The van der Waals surface area contributed by atoms with Gasteiger partial charge in [0.1, 0.15) is 0 Å². The topological polar surface area (TPSA) is 49.8 Å². The van der Waals surface area contributed by atoms with Crippen LogP contribution in [0.5, 0.6) is 0 Å². The lowest BCUT2D eigenvalue weighted by atomic mass is 10.2. The van der Waals surface area contributed by atoms with Crippen LogP contribution in [0.15, 0.2) is 24.3 Å². The number of hydrogen-bond donors (Lipinski definition) is 1. The summed E-state index contributed by atoms with van der Waals surface area (Å²) in [6.45, 7) is 1.55. The molecule has 1 aromatic rings. The molecule has 0 amide bonds. The van der Waals surface area contributed by atoms with E-state index in [1.807, 2.05) is 12.1 Å². The first kappa shape index (κ1) is 11.9. The van der Waals surface area contributed by atoms with Crippen molar-refractivity contribution in [3.05, 3.63) is 29.8 Å². The van der Waals surface area contributed by atoms with E-state index in [4.69, 9.17) is 9.84 Å². The Kier molecular flexibility index (Phi) is 3.64. The fraction of sp³-hybridized carbons (Fsp3) is 0.462. The molecule has 0 atom stereocenters. The number of carboxylic acid groups (broad SMARTS) is 1. The van der Waals surface area contributed by atoms with Crippen molar-refractivity contribution in [2.24, 2.45) is 0 Å². The maximum absolute atomic E-state index is 10.8. The van der Waals surface area contributed by atoms with E-state index in [2.05, 4.69) is 4.90 Å². The van der Waals surface area contributed by atoms with Crippen LogP contribution in [0.25, 0.3) is 0 Å². The summed E-state index contributed by atoms with van der Waals surface area (Å²) in [5.41, 5.74) is 1.41. The first-order valence-electron chi connectivity index (χ1n) is 5.81. The summed E-state index contributed by atoms with van der Waals surface area (Å²) in [5.74, 6) is -0.883. The standard InChI is InChI=1S/C13H17NO3/c1-17-9-8-14(12-6-7-12)11-4-2-10(3-5-11)13(15)16/h2-5,12H,6-9H2,1H3,(H,15,16). The number of benzene rings is 1. The third-order valence-electron chi connectivity index (χ3n) is 2.97. The number of ether oxygens (including phenoxy) is 1. The molecule has 1 aliphatic carbocycles. The monoisotopic (exact) mass is 235 g/mol. The Labute approximate surface area is 101 Å². The molecule has 0 aromatic heterocycles. The Morgan fingerprint density at radius 1 is 1.41 bits per heavy atom. The second-order valence-electron chi connectivity index (χ2n) is 4.27. The molecule has 0 heterocycles. The van der Waals surface area contributed by atoms with Crippen molar-refractivity contribution >= 4 is 11.7 Å². The lowest BCUT2D eigenvalue weighted by molar-refractivity contribution is 0.0697. The normalized spacial score (nSPS) is 14.6. The van der Waals surface area contributed by atoms with Gasteiger partial charge in [0.15, 0.2) is 0 Å². The number of aromatic carboxylic acids is 1. The van der Waals surface area contributed by atoms with Gasteiger partial charge in [-0.1, -0.05) is 0 Å². The Morgan fingerprint density at radius 2 is 2.06 bits per heavy atom. The van der Waals surface area contributed by atoms with Crippen molar-refractivity contribution in [3.8, 4) is 0 Å². The molecule has 92 valence electrons. The van der Waals surface area contributed by atoms with Crippen LogP contribution in [-0.2, 0) is 4.74 Å². The number of hydrogen-bond acceptors (Lipinski definition) is 3. The Bertz CT molecular complexity index is 384. The molecule has 1 aliphatic rings. The van der Waals surface area contributed by atoms with Crippen LogP contribution in [0.4, 0.5) is 5.69 Å². The molecule has 0 aliphatic heterocycles. The van der Waals surface area contributed by atoms with Crippen LogP contribution < -0.4 is 4.90 Å². The van der Waals surface area contributed by atoms with Gasteiger partial charge in [-0.25, -0.2) is 4.79 Å². The average Bonchev–Trinajstić information content (AvgIpc) is 3.14. The molecule has 0 spiro atoms. The van der Waals surface area contributed by atoms with Gasteiger partial charge in [0.05, 0.1) is 12.2 Å². The third kappa shape index (κ3) is 2.97. The third-order valence-corrected chi connectivity index (χ3v) is 2.97. The average molecular weight is 235 g/mol. The van der Waals surface area contributed by atoms with Gasteiger partial charge in [0, 0.05) is 25.4 Å². The van der Waals surface area contributed by atoms with Crippen molar-refractivity contribution in [2.45, 2.75) is 18.9 Å². The van der Waals surface area contributed by atoms with Crippen molar-refractivity contribution in [2.75, 3.05) is 25.2 Å². The predicted octanol–water partition coefficient (Wildman–Crippen LogP) is 2.00. The summed E-state index contributed by atoms with van der Waals surface area (Å²) < 4.78 is 5.10. The van der Waals surface area contributed by atoms with Crippen LogP contribution >= 0.6 is 0 Å². The van der Waals surface area contributed by atoms with Crippen molar-refractivity contribution in [3.63, 3.8) is 0 Å². The minimum Gasteiger partial charge on any atom is -0.478 e. The van der Waals surface area contributed by atoms with Gasteiger partial charge in [-0.05, 0) is 37.1 Å². The van der Waals surface area contributed by atoms with E-state index in [0.29, 0.717) is 18.2 Å². The summed E-state index contributed by atoms with van der Waals surface area (Å²) in [5, 5.41) is 8.84. The fourth-order valence-corrected chi connectivity index (χ4v) is 1.89. The summed E-state index contributed by atoms with van der Waals surface area (Å²) in [4.78, 5) is 13.1. The number of carbonyl (C=O) groups is 1. The van der Waals surface area contributed by atoms with Gasteiger partial charge < -0.3 is 14.7 Å². The summed E-state index contributed by atoms with van der Waals surface area (Å²) in [7, 11) is 1.69. The highest BCUT2D eigenvalue weighted by Gasteiger charge is 2.28. The van der Waals surface area contributed by atoms with Crippen LogP contribution in [0.2, 0.25) is 0 Å². The quantitative estimate of drug-likeness (QED) is 0.819. The SMILES string of the molecule is COCCN(c1ccc(C(=O)O)cc1)C1CC1. The molecule has 1 saturated carbocycles. The van der Waals surface area contributed by atoms with E-state index in [-0.39, 0.29) is 0 Å². The van der Waals surface area contributed by atoms with Gasteiger partial charge in [0.25, 0.3) is 0 Å². The molecule has 1 fully saturated rings. The number of carboxylic acids is 1. The zero-order valence-electron chi connectivity index (χ0n) is 9.93. The van der Waals surface area contributed by atoms with Crippen LogP contribution in [0.1, 0.15) is 23.2 Å². The number of rotatable bonds is 6. The number of nitrogens with zero attached hydrogens (tertiary/aromatic N) is 1. The Balaban J connectivity index is 2.09. The number of anilines is 1. The fourth-order valence-electron chi connectivity index (χ4n) is 1.89. The Morgan fingerprint density at radius 3 is 2.53 bits per heavy atom. The summed E-state index contributed by atoms with van der Waals surface area (Å²) in [6, 6.07) is 7.65. The van der Waals surface area contributed by atoms with E-state index in [0.717, 1.165) is 12.2 Å².